The van der Waals surface area contributed by atoms with Crippen LogP contribution in [-0.4, -0.2) is 30.0 Å². The number of hydrogen-bond donors (Lipinski definition) is 2. The molecule has 7 nitrogen and oxygen atoms in total. The third-order valence-electron chi connectivity index (χ3n) is 3.94. The number of rotatable bonds is 6. The first kappa shape index (κ1) is 21.7. The smallest absolute Gasteiger partial charge is 0.270 e. The summed E-state index contributed by atoms with van der Waals surface area (Å²) in [6.45, 7) is 1.41. The predicted molar refractivity (Wildman–Crippen MR) is 107 cm³/mol. The fourth-order valence-electron chi connectivity index (χ4n) is 2.41. The Morgan fingerprint density at radius 3 is 2.50 bits per heavy atom. The summed E-state index contributed by atoms with van der Waals surface area (Å²) in [5.41, 5.74) is -0.382. The monoisotopic (exact) mass is 451 g/mol. The summed E-state index contributed by atoms with van der Waals surface area (Å²) in [4.78, 5) is 29.6. The van der Waals surface area contributed by atoms with Crippen molar-refractivity contribution in [1.82, 2.24) is 9.97 Å². The minimum atomic E-state index is -4.19. The molecule has 2 N–H and O–H groups in total. The molecule has 156 valence electrons. The Hall–Kier alpha value is -3.05. The Balaban J connectivity index is 1.71. The Bertz CT molecular complexity index is 1260. The van der Waals surface area contributed by atoms with Crippen LogP contribution in [0.15, 0.2) is 68.4 Å². The third-order valence-corrected chi connectivity index (χ3v) is 6.57. The second-order valence-electron chi connectivity index (χ2n) is 6.14. The van der Waals surface area contributed by atoms with E-state index in [1.807, 2.05) is 0 Å². The lowest BCUT2D eigenvalue weighted by atomic mass is 10.2. The summed E-state index contributed by atoms with van der Waals surface area (Å²) in [5.74, 6) is -1.54. The quantitative estimate of drug-likeness (QED) is 0.339. The third kappa shape index (κ3) is 4.92. The van der Waals surface area contributed by atoms with Gasteiger partial charge in [-0.05, 0) is 55.0 Å². The SMILES string of the molecule is Cc1cc(S(=O)(=O)c2cnc(SCC(=O)Nc3ccc(F)cc3)[nH]c2=O)ccc1F. The average Bonchev–Trinajstić information content (AvgIpc) is 2.70. The fourth-order valence-corrected chi connectivity index (χ4v) is 4.36. The lowest BCUT2D eigenvalue weighted by molar-refractivity contribution is -0.113. The molecule has 3 aromatic rings. The van der Waals surface area contributed by atoms with Crippen LogP contribution in [0, 0.1) is 18.6 Å². The fraction of sp³-hybridized carbons (Fsp3) is 0.105. The normalized spacial score (nSPS) is 11.3. The number of H-pyrrole nitrogens is 1. The molecule has 0 atom stereocenters. The van der Waals surface area contributed by atoms with Crippen molar-refractivity contribution in [2.45, 2.75) is 21.9 Å². The second kappa shape index (κ2) is 8.76. The zero-order chi connectivity index (χ0) is 21.9. The first-order valence-corrected chi connectivity index (χ1v) is 10.9. The number of benzene rings is 2. The molecule has 0 radical (unpaired) electrons. The van der Waals surface area contributed by atoms with Crippen LogP contribution in [0.2, 0.25) is 0 Å². The number of nitrogens with zero attached hydrogens (tertiary/aromatic N) is 1. The van der Waals surface area contributed by atoms with E-state index in [0.717, 1.165) is 36.2 Å². The van der Waals surface area contributed by atoms with Gasteiger partial charge in [-0.15, -0.1) is 0 Å². The molecular formula is C19H15F2N3O4S2. The van der Waals surface area contributed by atoms with Crippen molar-refractivity contribution in [3.63, 3.8) is 0 Å². The Labute approximate surface area is 174 Å². The van der Waals surface area contributed by atoms with E-state index in [-0.39, 0.29) is 21.4 Å². The number of aromatic amines is 1. The van der Waals surface area contributed by atoms with E-state index in [2.05, 4.69) is 15.3 Å². The van der Waals surface area contributed by atoms with Crippen molar-refractivity contribution in [2.75, 3.05) is 11.1 Å². The highest BCUT2D eigenvalue weighted by molar-refractivity contribution is 7.99. The van der Waals surface area contributed by atoms with Gasteiger partial charge in [0.1, 0.15) is 11.6 Å². The molecule has 11 heteroatoms. The van der Waals surface area contributed by atoms with Crippen molar-refractivity contribution < 1.29 is 22.0 Å². The summed E-state index contributed by atoms with van der Waals surface area (Å²) >= 11 is 0.887. The van der Waals surface area contributed by atoms with Crippen LogP contribution in [0.4, 0.5) is 14.5 Å². The number of amides is 1. The first-order valence-electron chi connectivity index (χ1n) is 8.45. The number of nitrogens with one attached hydrogen (secondary N) is 2. The van der Waals surface area contributed by atoms with Crippen molar-refractivity contribution in [3.05, 3.63) is 76.2 Å². The molecular weight excluding hydrogens is 436 g/mol. The minimum Gasteiger partial charge on any atom is -0.325 e. The van der Waals surface area contributed by atoms with Crippen molar-refractivity contribution in [1.29, 1.82) is 0 Å². The molecule has 0 saturated heterocycles. The van der Waals surface area contributed by atoms with Gasteiger partial charge in [-0.1, -0.05) is 11.8 Å². The lowest BCUT2D eigenvalue weighted by Crippen LogP contribution is -2.20. The van der Waals surface area contributed by atoms with Crippen LogP contribution in [0.1, 0.15) is 5.56 Å². The molecule has 30 heavy (non-hydrogen) atoms. The van der Waals surface area contributed by atoms with Gasteiger partial charge in [0, 0.05) is 5.69 Å². The number of hydrogen-bond acceptors (Lipinski definition) is 6. The van der Waals surface area contributed by atoms with Gasteiger partial charge in [0.15, 0.2) is 10.1 Å². The maximum atomic E-state index is 13.4. The Morgan fingerprint density at radius 1 is 1.17 bits per heavy atom. The predicted octanol–water partition coefficient (Wildman–Crippen LogP) is 2.92. The molecule has 2 aromatic carbocycles. The van der Waals surface area contributed by atoms with E-state index in [1.165, 1.54) is 31.2 Å². The molecule has 0 fully saturated rings. The highest BCUT2D eigenvalue weighted by atomic mass is 32.2. The number of halogens is 2. The van der Waals surface area contributed by atoms with Gasteiger partial charge in [0.2, 0.25) is 15.7 Å². The van der Waals surface area contributed by atoms with Crippen LogP contribution in [0.25, 0.3) is 0 Å². The number of aromatic nitrogens is 2. The van der Waals surface area contributed by atoms with Crippen LogP contribution < -0.4 is 10.9 Å². The topological polar surface area (TPSA) is 109 Å². The maximum Gasteiger partial charge on any atom is 0.270 e. The van der Waals surface area contributed by atoms with E-state index in [9.17, 15) is 26.8 Å². The number of sulfone groups is 1. The number of thioether (sulfide) groups is 1. The summed E-state index contributed by atoms with van der Waals surface area (Å²) in [7, 11) is -4.19. The van der Waals surface area contributed by atoms with Crippen molar-refractivity contribution >= 4 is 33.2 Å². The van der Waals surface area contributed by atoms with Gasteiger partial charge in [0.05, 0.1) is 16.8 Å². The second-order valence-corrected chi connectivity index (χ2v) is 9.02. The molecule has 3 rings (SSSR count). The maximum absolute atomic E-state index is 13.4. The van der Waals surface area contributed by atoms with Gasteiger partial charge < -0.3 is 10.3 Å². The van der Waals surface area contributed by atoms with Gasteiger partial charge in [-0.25, -0.2) is 22.2 Å². The van der Waals surface area contributed by atoms with E-state index in [4.69, 9.17) is 0 Å². The first-order chi connectivity index (χ1) is 14.2. The van der Waals surface area contributed by atoms with Crippen molar-refractivity contribution in [3.8, 4) is 0 Å². The van der Waals surface area contributed by atoms with E-state index in [0.29, 0.717) is 5.69 Å². The molecule has 0 spiro atoms. The summed E-state index contributed by atoms with van der Waals surface area (Å²) < 4.78 is 51.6. The minimum absolute atomic E-state index is 0.0449. The van der Waals surface area contributed by atoms with E-state index >= 15 is 0 Å². The van der Waals surface area contributed by atoms with Crippen molar-refractivity contribution in [2.24, 2.45) is 0 Å². The molecule has 0 bridgehead atoms. The molecule has 0 aliphatic rings. The number of anilines is 1. The number of carbonyl (C=O) groups excluding carboxylic acids is 1. The number of aryl methyl sites for hydroxylation is 1. The molecule has 0 saturated carbocycles. The van der Waals surface area contributed by atoms with Crippen LogP contribution in [0.3, 0.4) is 0 Å². The largest absolute Gasteiger partial charge is 0.325 e. The van der Waals surface area contributed by atoms with Gasteiger partial charge in [0.25, 0.3) is 5.56 Å². The molecule has 0 aliphatic heterocycles. The Kier molecular flexibility index (Phi) is 6.32. The zero-order valence-electron chi connectivity index (χ0n) is 15.5. The van der Waals surface area contributed by atoms with Gasteiger partial charge in [-0.2, -0.15) is 0 Å². The molecule has 0 unspecified atom stereocenters. The standard InChI is InChI=1S/C19H15F2N3O4S2/c1-11-8-14(6-7-15(11)21)30(27,28)16-9-22-19(24-18(16)26)29-10-17(25)23-13-4-2-12(20)3-5-13/h2-9H,10H2,1H3,(H,23,25)(H,22,24,26). The Morgan fingerprint density at radius 2 is 1.87 bits per heavy atom. The zero-order valence-corrected chi connectivity index (χ0v) is 17.1. The summed E-state index contributed by atoms with van der Waals surface area (Å²) in [6, 6.07) is 8.40. The highest BCUT2D eigenvalue weighted by Crippen LogP contribution is 2.21. The molecule has 1 aromatic heterocycles. The van der Waals surface area contributed by atoms with E-state index < -0.39 is 37.8 Å². The molecule has 1 heterocycles. The van der Waals surface area contributed by atoms with Crippen LogP contribution >= 0.6 is 11.8 Å². The lowest BCUT2D eigenvalue weighted by Gasteiger charge is -2.07. The molecule has 0 aliphatic carbocycles. The van der Waals surface area contributed by atoms with Gasteiger partial charge in [-0.3, -0.25) is 9.59 Å². The summed E-state index contributed by atoms with van der Waals surface area (Å²) in [5, 5.41) is 2.59. The average molecular weight is 451 g/mol. The molecule has 1 amide bonds. The number of carbonyl (C=O) groups is 1. The van der Waals surface area contributed by atoms with Crippen LogP contribution in [-0.2, 0) is 14.6 Å². The van der Waals surface area contributed by atoms with Gasteiger partial charge >= 0.3 is 0 Å². The highest BCUT2D eigenvalue weighted by Gasteiger charge is 2.23. The van der Waals surface area contributed by atoms with Crippen LogP contribution in [0.5, 0.6) is 0 Å². The van der Waals surface area contributed by atoms with E-state index in [1.54, 1.807) is 0 Å². The summed E-state index contributed by atoms with van der Waals surface area (Å²) in [6.07, 6.45) is 0.896.